The molecule has 0 aromatic carbocycles. The van der Waals surface area contributed by atoms with E-state index in [2.05, 4.69) is 13.0 Å². The summed E-state index contributed by atoms with van der Waals surface area (Å²) in [6.07, 6.45) is 7.00. The van der Waals surface area contributed by atoms with E-state index in [9.17, 15) is 4.79 Å². The van der Waals surface area contributed by atoms with Crippen LogP contribution in [0.2, 0.25) is 0 Å². The van der Waals surface area contributed by atoms with Gasteiger partial charge < -0.3 is 10.9 Å². The first kappa shape index (κ1) is 13.1. The van der Waals surface area contributed by atoms with Gasteiger partial charge in [0.05, 0.1) is 0 Å². The minimum Gasteiger partial charge on any atom is -0.431 e. The van der Waals surface area contributed by atoms with Crippen LogP contribution in [0.4, 0.5) is 0 Å². The van der Waals surface area contributed by atoms with E-state index in [4.69, 9.17) is 0 Å². The van der Waals surface area contributed by atoms with E-state index in [-0.39, 0.29) is 38.5 Å². The van der Waals surface area contributed by atoms with Crippen molar-refractivity contribution >= 4 is 5.78 Å². The van der Waals surface area contributed by atoms with E-state index in [1.165, 1.54) is 0 Å². The van der Waals surface area contributed by atoms with E-state index in [0.29, 0.717) is 6.42 Å². The van der Waals surface area contributed by atoms with Crippen molar-refractivity contribution in [3.8, 4) is 0 Å². The Morgan fingerprint density at radius 1 is 1.60 bits per heavy atom. The number of hydrogen-bond donors (Lipinski definition) is 0. The molecule has 0 unspecified atom stereocenters. The monoisotopic (exact) mass is 214 g/mol. The van der Waals surface area contributed by atoms with Gasteiger partial charge in [0, 0.05) is 32.7 Å². The Bertz CT molecular complexity index is 108. The van der Waals surface area contributed by atoms with Crippen molar-refractivity contribution in [2.75, 3.05) is 0 Å². The van der Waals surface area contributed by atoms with Crippen molar-refractivity contribution in [2.45, 2.75) is 33.1 Å². The topological polar surface area (TPSA) is 17.1 Å². The molecule has 10 heavy (non-hydrogen) atoms. The molecule has 1 nitrogen and oxygen atoms in total. The van der Waals surface area contributed by atoms with Crippen LogP contribution in [-0.4, -0.2) is 5.78 Å². The summed E-state index contributed by atoms with van der Waals surface area (Å²) in [4.78, 5) is 10.7. The summed E-state index contributed by atoms with van der Waals surface area (Å²) in [6, 6.07) is 0. The molecule has 0 atom stereocenters. The molecular formula is C8H13OY-. The summed E-state index contributed by atoms with van der Waals surface area (Å²) in [7, 11) is 0. The zero-order valence-corrected chi connectivity index (χ0v) is 9.52. The fourth-order valence-electron chi connectivity index (χ4n) is 0.570. The molecule has 0 aliphatic rings. The van der Waals surface area contributed by atoms with Gasteiger partial charge in [0.2, 0.25) is 0 Å². The first-order valence-corrected chi connectivity index (χ1v) is 3.38. The largest absolute Gasteiger partial charge is 0.431 e. The molecule has 0 saturated heterocycles. The standard InChI is InChI=1S/C8H13O.Y/c1-3-5-7-8(9)6-4-2;/h4H,3,5,7H2,1-2H3;/q-1;. The Morgan fingerprint density at radius 2 is 2.20 bits per heavy atom. The normalized spacial score (nSPS) is 9.40. The number of Topliss-reactive ketones (excluding diaryl/α,β-unsaturated/α-hetero) is 1. The van der Waals surface area contributed by atoms with E-state index in [0.717, 1.165) is 12.8 Å². The predicted octanol–water partition coefficient (Wildman–Crippen LogP) is 2.12. The molecule has 55 valence electrons. The average molecular weight is 214 g/mol. The molecule has 0 rings (SSSR count). The number of unbranched alkanes of at least 4 members (excludes halogenated alkanes) is 1. The summed E-state index contributed by atoms with van der Waals surface area (Å²) in [5.74, 6) is 0.124. The molecule has 0 aromatic rings. The number of carbonyl (C=O) groups is 1. The maximum Gasteiger partial charge on any atom is 0 e. The van der Waals surface area contributed by atoms with Crippen molar-refractivity contribution in [3.05, 3.63) is 12.2 Å². The minimum absolute atomic E-state index is 0. The number of allylic oxidation sites excluding steroid dienone is 2. The van der Waals surface area contributed by atoms with E-state index >= 15 is 0 Å². The van der Waals surface area contributed by atoms with Gasteiger partial charge in [-0.1, -0.05) is 20.3 Å². The van der Waals surface area contributed by atoms with Gasteiger partial charge in [-0.25, -0.2) is 0 Å². The van der Waals surface area contributed by atoms with Crippen LogP contribution in [0.15, 0.2) is 6.08 Å². The number of ketones is 1. The fourth-order valence-corrected chi connectivity index (χ4v) is 0.570. The Kier molecular flexibility index (Phi) is 12.5. The second-order valence-electron chi connectivity index (χ2n) is 1.96. The molecule has 0 N–H and O–H groups in total. The average Bonchev–Trinajstić information content (AvgIpc) is 1.85. The first-order chi connectivity index (χ1) is 4.31. The van der Waals surface area contributed by atoms with Crippen LogP contribution in [0, 0.1) is 6.08 Å². The smallest absolute Gasteiger partial charge is 0 e. The van der Waals surface area contributed by atoms with Gasteiger partial charge in [0.25, 0.3) is 0 Å². The molecule has 0 fully saturated rings. The summed E-state index contributed by atoms with van der Waals surface area (Å²) >= 11 is 0. The van der Waals surface area contributed by atoms with Crippen molar-refractivity contribution in [2.24, 2.45) is 0 Å². The van der Waals surface area contributed by atoms with Crippen LogP contribution in [0.1, 0.15) is 33.1 Å². The van der Waals surface area contributed by atoms with E-state index in [1.54, 1.807) is 6.08 Å². The quantitative estimate of drug-likeness (QED) is 0.517. The molecule has 0 saturated carbocycles. The maximum atomic E-state index is 10.7. The van der Waals surface area contributed by atoms with Crippen LogP contribution < -0.4 is 0 Å². The molecule has 0 aromatic heterocycles. The van der Waals surface area contributed by atoms with Crippen molar-refractivity contribution in [1.29, 1.82) is 0 Å². The Morgan fingerprint density at radius 3 is 2.60 bits per heavy atom. The Hall–Kier alpha value is 0.514. The fraction of sp³-hybridized carbons (Fsp3) is 0.625. The maximum absolute atomic E-state index is 10.7. The third kappa shape index (κ3) is 8.51. The molecule has 0 spiro atoms. The minimum atomic E-state index is 0. The van der Waals surface area contributed by atoms with Gasteiger partial charge in [-0.2, -0.15) is 0 Å². The zero-order valence-electron chi connectivity index (χ0n) is 6.68. The van der Waals surface area contributed by atoms with Crippen LogP contribution in [0.5, 0.6) is 0 Å². The molecule has 0 amide bonds. The van der Waals surface area contributed by atoms with Crippen molar-refractivity contribution in [1.82, 2.24) is 0 Å². The van der Waals surface area contributed by atoms with Gasteiger partial charge in [0.1, 0.15) is 0 Å². The van der Waals surface area contributed by atoms with E-state index < -0.39 is 0 Å². The summed E-state index contributed by atoms with van der Waals surface area (Å²) in [6.45, 7) is 3.88. The zero-order chi connectivity index (χ0) is 7.11. The molecule has 2 heteroatoms. The third-order valence-electron chi connectivity index (χ3n) is 1.06. The van der Waals surface area contributed by atoms with E-state index in [1.807, 2.05) is 6.92 Å². The second-order valence-corrected chi connectivity index (χ2v) is 1.96. The molecular weight excluding hydrogens is 201 g/mol. The SMILES string of the molecule is CC=[C-]C(=O)CCCC.[Y]. The summed E-state index contributed by atoms with van der Waals surface area (Å²) < 4.78 is 0. The molecule has 0 aliphatic heterocycles. The molecule has 1 radical (unpaired) electrons. The van der Waals surface area contributed by atoms with Gasteiger partial charge in [-0.3, -0.25) is 6.08 Å². The number of rotatable bonds is 4. The Balaban J connectivity index is 0. The van der Waals surface area contributed by atoms with Gasteiger partial charge in [-0.05, 0) is 18.6 Å². The first-order valence-electron chi connectivity index (χ1n) is 3.38. The van der Waals surface area contributed by atoms with Crippen LogP contribution in [-0.2, 0) is 37.5 Å². The van der Waals surface area contributed by atoms with Gasteiger partial charge in [0.15, 0.2) is 0 Å². The summed E-state index contributed by atoms with van der Waals surface area (Å²) in [5.41, 5.74) is 0. The Labute approximate surface area is 88.1 Å². The molecule has 0 heterocycles. The van der Waals surface area contributed by atoms with Crippen LogP contribution >= 0.6 is 0 Å². The number of carbonyl (C=O) groups excluding carboxylic acids is 1. The third-order valence-corrected chi connectivity index (χ3v) is 1.06. The second kappa shape index (κ2) is 9.51. The van der Waals surface area contributed by atoms with Crippen LogP contribution in [0.3, 0.4) is 0 Å². The van der Waals surface area contributed by atoms with Gasteiger partial charge in [-0.15, -0.1) is 0 Å². The molecule has 0 bridgehead atoms. The summed E-state index contributed by atoms with van der Waals surface area (Å²) in [5, 5.41) is 0. The number of hydrogen-bond acceptors (Lipinski definition) is 1. The van der Waals surface area contributed by atoms with Crippen molar-refractivity contribution < 1.29 is 37.5 Å². The molecule has 0 aliphatic carbocycles. The van der Waals surface area contributed by atoms with Crippen LogP contribution in [0.25, 0.3) is 0 Å². The predicted molar refractivity (Wildman–Crippen MR) is 38.0 cm³/mol. The van der Waals surface area contributed by atoms with Gasteiger partial charge >= 0.3 is 0 Å². The van der Waals surface area contributed by atoms with Crippen molar-refractivity contribution in [3.63, 3.8) is 0 Å².